The largest absolute Gasteiger partial charge is 0.508 e. The van der Waals surface area contributed by atoms with Gasteiger partial charge in [-0.15, -0.1) is 0 Å². The van der Waals surface area contributed by atoms with Crippen LogP contribution in [0.2, 0.25) is 0 Å². The van der Waals surface area contributed by atoms with Gasteiger partial charge in [-0.2, -0.15) is 0 Å². The minimum Gasteiger partial charge on any atom is -0.508 e. The summed E-state index contributed by atoms with van der Waals surface area (Å²) >= 11 is 0. The van der Waals surface area contributed by atoms with Crippen molar-refractivity contribution in [3.8, 4) is 5.75 Å². The van der Waals surface area contributed by atoms with Gasteiger partial charge in [-0.25, -0.2) is 24.0 Å². The second-order valence-electron chi connectivity index (χ2n) is 10.4. The molecule has 43 heavy (non-hydrogen) atoms. The van der Waals surface area contributed by atoms with Crippen LogP contribution in [-0.4, -0.2) is 118 Å². The average molecular weight is 627 g/mol. The van der Waals surface area contributed by atoms with Gasteiger partial charge in [0.1, 0.15) is 54.2 Å². The maximum Gasteiger partial charge on any atom is 0.476 e. The molecule has 0 amide bonds. The van der Waals surface area contributed by atoms with E-state index < -0.39 is 75.9 Å². The molecule has 0 spiro atoms. The Hall–Kier alpha value is -2.84. The second kappa shape index (κ2) is 11.6. The van der Waals surface area contributed by atoms with Crippen LogP contribution in [0, 0.1) is 0 Å². The van der Waals surface area contributed by atoms with Crippen molar-refractivity contribution in [2.45, 2.75) is 61.3 Å². The van der Waals surface area contributed by atoms with Crippen LogP contribution >= 0.6 is 7.82 Å². The predicted molar refractivity (Wildman–Crippen MR) is 142 cm³/mol. The van der Waals surface area contributed by atoms with Crippen LogP contribution in [0.25, 0.3) is 11.2 Å². The lowest BCUT2D eigenvalue weighted by molar-refractivity contribution is -0.332. The van der Waals surface area contributed by atoms with E-state index in [4.69, 9.17) is 29.0 Å². The van der Waals surface area contributed by atoms with Crippen LogP contribution in [-0.2, 0) is 34.2 Å². The van der Waals surface area contributed by atoms with Crippen LogP contribution in [0.3, 0.4) is 0 Å². The van der Waals surface area contributed by atoms with Crippen molar-refractivity contribution in [2.24, 2.45) is 0 Å². The number of hydrogen-bond acceptors (Lipinski definition) is 16. The molecule has 3 aromatic rings. The molecule has 10 unspecified atom stereocenters. The molecule has 0 aliphatic carbocycles. The number of anilines is 1. The smallest absolute Gasteiger partial charge is 0.476 e. The molecule has 0 radical (unpaired) electrons. The van der Waals surface area contributed by atoms with Crippen molar-refractivity contribution < 1.29 is 58.2 Å². The lowest BCUT2D eigenvalue weighted by Crippen LogP contribution is -2.59. The summed E-state index contributed by atoms with van der Waals surface area (Å²) in [5.41, 5.74) is 6.98. The van der Waals surface area contributed by atoms with Gasteiger partial charge in [0.05, 0.1) is 25.6 Å². The van der Waals surface area contributed by atoms with Crippen molar-refractivity contribution in [1.29, 1.82) is 0 Å². The van der Waals surface area contributed by atoms with Crippen LogP contribution in [0.4, 0.5) is 5.82 Å². The number of rotatable bonds is 10. The maximum absolute atomic E-state index is 13.3. The van der Waals surface area contributed by atoms with Gasteiger partial charge in [0.2, 0.25) is 0 Å². The number of aliphatic hydroxyl groups is 4. The van der Waals surface area contributed by atoms with Gasteiger partial charge in [-0.1, -0.05) is 12.1 Å². The third-order valence-corrected chi connectivity index (χ3v) is 8.52. The number of imidazole rings is 1. The second-order valence-corrected chi connectivity index (χ2v) is 11.8. The molecule has 19 heteroatoms. The molecule has 5 heterocycles. The van der Waals surface area contributed by atoms with E-state index >= 15 is 0 Å². The summed E-state index contributed by atoms with van der Waals surface area (Å²) in [6, 6.07) is 5.28. The molecule has 234 valence electrons. The molecular formula is C24H31N6O12P. The highest BCUT2D eigenvalue weighted by Crippen LogP contribution is 2.53. The van der Waals surface area contributed by atoms with E-state index in [-0.39, 0.29) is 35.7 Å². The Balaban J connectivity index is 1.17. The highest BCUT2D eigenvalue weighted by atomic mass is 31.2. The number of aromatic nitrogens is 4. The lowest BCUT2D eigenvalue weighted by atomic mass is 10.0. The van der Waals surface area contributed by atoms with Gasteiger partial charge in [0, 0.05) is 6.54 Å². The Morgan fingerprint density at radius 2 is 1.95 bits per heavy atom. The first-order chi connectivity index (χ1) is 20.5. The van der Waals surface area contributed by atoms with Crippen molar-refractivity contribution in [3.63, 3.8) is 0 Å². The van der Waals surface area contributed by atoms with Gasteiger partial charge in [-0.3, -0.25) is 9.09 Å². The Labute approximate surface area is 243 Å². The highest BCUT2D eigenvalue weighted by molar-refractivity contribution is 7.47. The molecule has 3 aliphatic rings. The number of aromatic hydroxyl groups is 1. The van der Waals surface area contributed by atoms with Gasteiger partial charge in [0.25, 0.3) is 0 Å². The summed E-state index contributed by atoms with van der Waals surface area (Å²) in [6.07, 6.45) is -6.25. The number of nitrogens with zero attached hydrogens (tertiary/aromatic N) is 4. The summed E-state index contributed by atoms with van der Waals surface area (Å²) in [4.78, 5) is 22.8. The van der Waals surface area contributed by atoms with Crippen molar-refractivity contribution in [3.05, 3.63) is 42.5 Å². The van der Waals surface area contributed by atoms with Gasteiger partial charge >= 0.3 is 13.8 Å². The third kappa shape index (κ3) is 5.73. The summed E-state index contributed by atoms with van der Waals surface area (Å²) in [5.74, 6) is -2.09. The number of hydrogen-bond donors (Lipinski definition) is 8. The summed E-state index contributed by atoms with van der Waals surface area (Å²) in [5, 5.41) is 53.8. The molecule has 3 fully saturated rings. The fraction of sp³-hybridized carbons (Fsp3) is 0.542. The van der Waals surface area contributed by atoms with E-state index in [1.807, 2.05) is 0 Å². The fourth-order valence-electron chi connectivity index (χ4n) is 5.39. The molecule has 2 aromatic heterocycles. The quantitative estimate of drug-likeness (QED) is 0.112. The molecule has 1 aromatic carbocycles. The number of nitrogen functional groups attached to an aromatic ring is 1. The van der Waals surface area contributed by atoms with E-state index in [2.05, 4.69) is 20.3 Å². The number of fused-ring (bicyclic) bond motifs is 3. The summed E-state index contributed by atoms with van der Waals surface area (Å²) in [7, 11) is -5.06. The van der Waals surface area contributed by atoms with Crippen molar-refractivity contribution in [1.82, 2.24) is 24.8 Å². The molecule has 0 saturated carbocycles. The normalized spacial score (nSPS) is 34.4. The third-order valence-electron chi connectivity index (χ3n) is 7.56. The van der Waals surface area contributed by atoms with Crippen molar-refractivity contribution >= 4 is 24.8 Å². The number of phenols is 1. The summed E-state index contributed by atoms with van der Waals surface area (Å²) in [6.45, 7) is -1.21. The first kappa shape index (κ1) is 30.2. The first-order valence-electron chi connectivity index (χ1n) is 13.3. The maximum atomic E-state index is 13.3. The minimum absolute atomic E-state index is 0.0430. The molecular weight excluding hydrogens is 595 g/mol. The zero-order valence-electron chi connectivity index (χ0n) is 22.4. The number of morpholine rings is 1. The van der Waals surface area contributed by atoms with E-state index in [0.717, 1.165) is 0 Å². The number of nitrogens with one attached hydrogen (secondary N) is 1. The van der Waals surface area contributed by atoms with Gasteiger partial charge in [0.15, 0.2) is 17.7 Å². The van der Waals surface area contributed by atoms with Crippen LogP contribution < -0.4 is 11.1 Å². The topological polar surface area (TPSA) is 266 Å². The molecule has 9 N–H and O–H groups in total. The first-order valence-corrected chi connectivity index (χ1v) is 14.8. The monoisotopic (exact) mass is 626 g/mol. The zero-order valence-corrected chi connectivity index (χ0v) is 23.3. The number of phosphoric acid groups is 1. The van der Waals surface area contributed by atoms with Crippen molar-refractivity contribution in [2.75, 3.05) is 25.5 Å². The zero-order chi connectivity index (χ0) is 30.5. The van der Waals surface area contributed by atoms with E-state index in [9.17, 15) is 35.0 Å². The fourth-order valence-corrected chi connectivity index (χ4v) is 6.31. The molecule has 3 aliphatic heterocycles. The number of ether oxygens (including phenoxy) is 3. The van der Waals surface area contributed by atoms with Crippen LogP contribution in [0.5, 0.6) is 5.75 Å². The Morgan fingerprint density at radius 3 is 2.70 bits per heavy atom. The van der Waals surface area contributed by atoms with E-state index in [1.165, 1.54) is 29.4 Å². The van der Waals surface area contributed by atoms with Gasteiger partial charge in [-0.05, 0) is 24.1 Å². The predicted octanol–water partition coefficient (Wildman–Crippen LogP) is -2.13. The number of nitrogens with two attached hydrogens (primary N) is 1. The van der Waals surface area contributed by atoms with Crippen LogP contribution in [0.15, 0.2) is 36.9 Å². The van der Waals surface area contributed by atoms with E-state index in [0.29, 0.717) is 5.56 Å². The average Bonchev–Trinajstić information content (AvgIpc) is 3.63. The molecule has 6 rings (SSSR count). The minimum atomic E-state index is -5.06. The molecule has 18 nitrogen and oxygen atoms in total. The lowest BCUT2D eigenvalue weighted by Gasteiger charge is -2.39. The number of aliphatic hydroxyl groups excluding tert-OH is 4. The van der Waals surface area contributed by atoms with Gasteiger partial charge < -0.3 is 55.7 Å². The Bertz CT molecular complexity index is 1500. The number of phenolic OH excluding ortho intramolecular Hbond substituents is 1. The summed E-state index contributed by atoms with van der Waals surface area (Å²) < 4.78 is 42.8. The molecule has 10 atom stereocenters. The highest BCUT2D eigenvalue weighted by Gasteiger charge is 2.61. The number of benzene rings is 1. The van der Waals surface area contributed by atoms with Crippen LogP contribution in [0.1, 0.15) is 11.8 Å². The Morgan fingerprint density at radius 1 is 1.19 bits per heavy atom. The molecule has 2 bridgehead atoms. The number of phosphoric ester groups is 1. The standard InChI is InChI=1S/C24H31N6O12P/c25-21-17-22(28-9-27-21)30(10-29-17)23-19(35)18(34)15(39-23)8-38-43(36,37)42-24-16(5-11-1-3-12(32)4-2-11)26-6-14(40-24)20(41-24)13(33)7-31/h1-4,9-10,13-16,18-20,23,26,31-35H,5-8H2,(H,36,37)(H2,25,27,28). The molecule has 3 saturated heterocycles. The van der Waals surface area contributed by atoms with E-state index in [1.54, 1.807) is 12.1 Å². The SMILES string of the molecule is Nc1ncnc2c1ncn2C1OC(COP(=O)(O)OC23OC(CNC2Cc2ccc(O)cc2)C(C(O)CO)O3)C(O)C1O. The Kier molecular flexibility index (Phi) is 8.14.